The Morgan fingerprint density at radius 3 is 1.30 bits per heavy atom. The molecule has 3 aliphatic heterocycles. The van der Waals surface area contributed by atoms with Gasteiger partial charge in [0.1, 0.15) is 85.3 Å². The molecule has 0 aliphatic carbocycles. The molecule has 1 amide bonds. The number of hydrogen-bond acceptors (Lipinski definition) is 23. The lowest BCUT2D eigenvalue weighted by Crippen LogP contribution is -2.49. The smallest absolute Gasteiger partial charge is 0.264 e. The average Bonchev–Trinajstić information content (AvgIpc) is 4.20. The Morgan fingerprint density at radius 2 is 0.959 bits per heavy atom. The molecule has 0 aromatic carbocycles. The molecule has 380 valence electrons. The number of carbonyl (C=O) groups is 1. The van der Waals surface area contributed by atoms with Crippen molar-refractivity contribution >= 4 is 56.5 Å². The lowest BCUT2D eigenvalue weighted by atomic mass is 9.86. The molecule has 0 spiro atoms. The molecule has 3 fully saturated rings. The van der Waals surface area contributed by atoms with Crippen molar-refractivity contribution in [3.63, 3.8) is 0 Å². The Kier molecular flexibility index (Phi) is 13.3. The highest BCUT2D eigenvalue weighted by atomic mass is 19.2. The number of primary amides is 1. The third-order valence-corrected chi connectivity index (χ3v) is 12.5. The lowest BCUT2D eigenvalue weighted by Gasteiger charge is -2.27. The van der Waals surface area contributed by atoms with Gasteiger partial charge in [-0.05, 0) is 0 Å². The van der Waals surface area contributed by atoms with Crippen molar-refractivity contribution < 1.29 is 73.0 Å². The van der Waals surface area contributed by atoms with Gasteiger partial charge in [-0.1, -0.05) is 24.7 Å². The molecule has 6 aromatic rings. The van der Waals surface area contributed by atoms with E-state index in [4.69, 9.17) is 61.5 Å². The van der Waals surface area contributed by atoms with Crippen molar-refractivity contribution in [3.05, 3.63) is 54.3 Å². The van der Waals surface area contributed by atoms with Crippen molar-refractivity contribution in [1.82, 2.24) is 43.6 Å². The standard InChI is InChI=1S/C15H14FN5O3.C14H14FN5O5.C14H12FN5O4/c1-3-14(23)8(2)15(16,6-22)24-13(14)21-5-9(4-17)10-11(18)19-7-20-12(10)21;1-2-13(24)11(23)14(15,4-21)25-12(13)20-3-6(9(17)22)7-8(16)18-5-19-10(7)20;1-2-13(23)11(22)14(15,5-21)24-12(13)20-4-7(3-16)8-9(17)18-6-19-10(8)20/h1,5,7-8,13,22-23H,6H2,2H3,(H2,18,19,20);1,3,5,11-12,21,23-24H,4H2,(H2,17,22)(H2,16,18,19);1,4,6,11-12,21-23H,5H2,(H2,17,18,19)/t8-,13+,14+,15+;2*11-,12+,13+,14+/m000/s1. The Bertz CT molecular complexity index is 3270. The van der Waals surface area contributed by atoms with E-state index in [1.165, 1.54) is 23.9 Å². The first kappa shape index (κ1) is 52.6. The van der Waals surface area contributed by atoms with Crippen LogP contribution in [0.5, 0.6) is 0 Å². The van der Waals surface area contributed by atoms with Gasteiger partial charge in [0.15, 0.2) is 36.5 Å². The summed E-state index contributed by atoms with van der Waals surface area (Å²) in [6, 6.07) is 3.80. The predicted octanol–water partition coefficient (Wildman–Crippen LogP) is -3.11. The summed E-state index contributed by atoms with van der Waals surface area (Å²) in [5, 5.41) is 98.5. The topological polar surface area (TPSA) is 450 Å². The number of halogens is 3. The summed E-state index contributed by atoms with van der Waals surface area (Å²) >= 11 is 0. The van der Waals surface area contributed by atoms with Crippen LogP contribution in [0.1, 0.15) is 47.1 Å². The maximum absolute atomic E-state index is 14.8. The van der Waals surface area contributed by atoms with E-state index in [1.54, 1.807) is 0 Å². The minimum Gasteiger partial charge on any atom is -0.390 e. The van der Waals surface area contributed by atoms with E-state index in [9.17, 15) is 64.2 Å². The summed E-state index contributed by atoms with van der Waals surface area (Å²) in [7, 11) is 0. The van der Waals surface area contributed by atoms with Crippen molar-refractivity contribution in [2.75, 3.05) is 37.0 Å². The Hall–Kier alpha value is -8.26. The second kappa shape index (κ2) is 18.4. The van der Waals surface area contributed by atoms with Gasteiger partial charge >= 0.3 is 0 Å². The van der Waals surface area contributed by atoms with Gasteiger partial charge in [0.25, 0.3) is 17.6 Å². The number of amides is 1. The van der Waals surface area contributed by atoms with Crippen LogP contribution in [0, 0.1) is 65.6 Å². The average molecular weight is 1020 g/mol. The van der Waals surface area contributed by atoms with Gasteiger partial charge in [0.05, 0.1) is 38.8 Å². The summed E-state index contributed by atoms with van der Waals surface area (Å²) in [5.74, 6) is -4.85. The number of rotatable bonds is 7. The zero-order valence-corrected chi connectivity index (χ0v) is 37.4. The Morgan fingerprint density at radius 1 is 0.630 bits per heavy atom. The van der Waals surface area contributed by atoms with E-state index in [-0.39, 0.29) is 67.2 Å². The molecule has 0 unspecified atom stereocenters. The van der Waals surface area contributed by atoms with E-state index in [2.05, 4.69) is 35.8 Å². The molecule has 30 heteroatoms. The van der Waals surface area contributed by atoms with Crippen molar-refractivity contribution in [2.45, 2.75) is 72.2 Å². The lowest BCUT2D eigenvalue weighted by molar-refractivity contribution is -0.206. The maximum Gasteiger partial charge on any atom is 0.264 e. The molecule has 3 aliphatic rings. The molecule has 0 bridgehead atoms. The van der Waals surface area contributed by atoms with Crippen molar-refractivity contribution in [1.29, 1.82) is 10.5 Å². The minimum absolute atomic E-state index is 0.00763. The molecule has 12 atom stereocenters. The fraction of sp³-hybridized carbons (Fsp3) is 0.372. The number of nitrogens with two attached hydrogens (primary N) is 4. The van der Waals surface area contributed by atoms with Crippen LogP contribution in [0.25, 0.3) is 33.1 Å². The molecule has 9 heterocycles. The zero-order chi connectivity index (χ0) is 54.0. The highest BCUT2D eigenvalue weighted by Gasteiger charge is 2.66. The van der Waals surface area contributed by atoms with Crippen molar-refractivity contribution in [2.24, 2.45) is 11.7 Å². The number of terminal acetylenes is 3. The normalized spacial score (nSPS) is 32.4. The first-order valence-corrected chi connectivity index (χ1v) is 20.7. The van der Waals surface area contributed by atoms with Gasteiger partial charge in [-0.3, -0.25) is 4.79 Å². The highest BCUT2D eigenvalue weighted by molar-refractivity contribution is 6.08. The molecule has 6 aromatic heterocycles. The summed E-state index contributed by atoms with van der Waals surface area (Å²) in [6.07, 6.45) is 13.5. The zero-order valence-electron chi connectivity index (χ0n) is 37.4. The SMILES string of the molecule is C#C[C@]1(O)[C@H](n2cc(C#N)c3c(N)ncnc32)O[C@](F)(CO)[C@H]1C.C#C[C@]1(O)[C@H](n2cc(C#N)c3c(N)ncnc32)O[C@](F)(CO)[C@H]1O.C#C[C@]1(O)[C@H](n2cc(C(N)=O)c3c(N)ncnc32)O[C@](F)(CO)[C@H]1O. The van der Waals surface area contributed by atoms with Gasteiger partial charge < -0.3 is 91.7 Å². The number of carbonyl (C=O) groups excluding carboxylic acids is 1. The van der Waals surface area contributed by atoms with E-state index in [1.807, 2.05) is 24.0 Å². The molecule has 9 rings (SSSR count). The van der Waals surface area contributed by atoms with E-state index in [0.717, 1.165) is 34.3 Å². The molecule has 73 heavy (non-hydrogen) atoms. The van der Waals surface area contributed by atoms with Crippen molar-refractivity contribution in [3.8, 4) is 49.2 Å². The first-order valence-electron chi connectivity index (χ1n) is 20.7. The van der Waals surface area contributed by atoms with Crippen LogP contribution in [0.3, 0.4) is 0 Å². The second-order valence-corrected chi connectivity index (χ2v) is 16.5. The van der Waals surface area contributed by atoms with Crippen LogP contribution in [0.2, 0.25) is 0 Å². The number of nitrogens with zero attached hydrogens (tertiary/aromatic N) is 11. The van der Waals surface area contributed by atoms with Crippen LogP contribution in [-0.4, -0.2) is 157 Å². The first-order chi connectivity index (χ1) is 34.3. The summed E-state index contributed by atoms with van der Waals surface area (Å²) in [4.78, 5) is 34.9. The Balaban J connectivity index is 0.000000160. The summed E-state index contributed by atoms with van der Waals surface area (Å²) < 4.78 is 62.4. The van der Waals surface area contributed by atoms with E-state index in [0.29, 0.717) is 0 Å². The monoisotopic (exact) mass is 1020 g/mol. The van der Waals surface area contributed by atoms with Gasteiger partial charge in [-0.25, -0.2) is 43.1 Å². The van der Waals surface area contributed by atoms with Gasteiger partial charge in [-0.2, -0.15) is 10.5 Å². The number of aromatic nitrogens is 9. The maximum atomic E-state index is 14.8. The van der Waals surface area contributed by atoms with Gasteiger partial charge in [-0.15, -0.1) is 19.3 Å². The van der Waals surface area contributed by atoms with Crippen LogP contribution in [0.15, 0.2) is 37.6 Å². The quantitative estimate of drug-likeness (QED) is 0.0705. The number of aliphatic hydroxyl groups excluding tert-OH is 5. The number of ether oxygens (including phenoxy) is 3. The van der Waals surface area contributed by atoms with Crippen LogP contribution < -0.4 is 22.9 Å². The number of hydrogen-bond donors (Lipinski definition) is 12. The van der Waals surface area contributed by atoms with E-state index < -0.39 is 96.9 Å². The number of fused-ring (bicyclic) bond motifs is 3. The largest absolute Gasteiger partial charge is 0.390 e. The molecule has 3 saturated heterocycles. The number of nitrogen functional groups attached to an aromatic ring is 3. The number of aliphatic hydroxyl groups is 8. The summed E-state index contributed by atoms with van der Waals surface area (Å²) in [5.41, 5.74) is 15.6. The minimum atomic E-state index is -3.03. The summed E-state index contributed by atoms with van der Waals surface area (Å²) in [6.45, 7) is -2.17. The van der Waals surface area contributed by atoms with Crippen LogP contribution in [-0.2, 0) is 14.2 Å². The van der Waals surface area contributed by atoms with Gasteiger partial charge in [0.2, 0.25) is 17.1 Å². The van der Waals surface area contributed by atoms with Crippen LogP contribution >= 0.6 is 0 Å². The highest BCUT2D eigenvalue weighted by Crippen LogP contribution is 2.51. The van der Waals surface area contributed by atoms with Crippen LogP contribution in [0.4, 0.5) is 30.6 Å². The molecule has 16 N–H and O–H groups in total. The Labute approximate surface area is 407 Å². The molecule has 0 radical (unpaired) electrons. The third kappa shape index (κ3) is 7.78. The number of anilines is 3. The molecular weight excluding hydrogens is 976 g/mol. The predicted molar refractivity (Wildman–Crippen MR) is 239 cm³/mol. The molecular formula is C43H40F3N15O12. The fourth-order valence-electron chi connectivity index (χ4n) is 8.47. The van der Waals surface area contributed by atoms with E-state index >= 15 is 0 Å². The molecule has 0 saturated carbocycles. The van der Waals surface area contributed by atoms with Gasteiger partial charge in [0, 0.05) is 18.6 Å². The third-order valence-electron chi connectivity index (χ3n) is 12.5. The number of alkyl halides is 3. The number of nitriles is 2. The second-order valence-electron chi connectivity index (χ2n) is 16.5. The fourth-order valence-corrected chi connectivity index (χ4v) is 8.47. The molecule has 27 nitrogen and oxygen atoms in total.